The highest BCUT2D eigenvalue weighted by Gasteiger charge is 2.17. The second-order valence-corrected chi connectivity index (χ2v) is 12.4. The fourth-order valence-corrected chi connectivity index (χ4v) is 5.29. The normalized spacial score (nSPS) is 20.6. The fourth-order valence-electron chi connectivity index (χ4n) is 3.75. The number of nitrogens with two attached hydrogens (primary N) is 1. The third-order valence-electron chi connectivity index (χ3n) is 5.36. The second kappa shape index (κ2) is 15.0. The van der Waals surface area contributed by atoms with E-state index >= 15 is 0 Å². The Bertz CT molecular complexity index is 524. The van der Waals surface area contributed by atoms with Crippen molar-refractivity contribution in [1.82, 2.24) is 0 Å². The predicted molar refractivity (Wildman–Crippen MR) is 118 cm³/mol. The molecule has 3 aliphatic rings. The van der Waals surface area contributed by atoms with Crippen molar-refractivity contribution in [3.8, 4) is 0 Å². The summed E-state index contributed by atoms with van der Waals surface area (Å²) in [5.41, 5.74) is 0. The van der Waals surface area contributed by atoms with Gasteiger partial charge in [0.15, 0.2) is 0 Å². The standard InChI is InChI=1S/C7H13ClO2S.C7H15NO2S.C4H8O.CH4/c2*8-11(9,10)6-5-7-3-1-2-4-7;1-2-4-5-3-1;/h7H,1-6H2;7H,1-6H2,(H2,8,9,10);1-4H2;1H4. The zero-order valence-electron chi connectivity index (χ0n) is 16.3. The van der Waals surface area contributed by atoms with E-state index in [1.165, 1.54) is 64.2 Å². The lowest BCUT2D eigenvalue weighted by molar-refractivity contribution is 0.198. The topological polar surface area (TPSA) is 104 Å². The zero-order chi connectivity index (χ0) is 20.2. The summed E-state index contributed by atoms with van der Waals surface area (Å²) >= 11 is 0. The maximum atomic E-state index is 10.6. The summed E-state index contributed by atoms with van der Waals surface area (Å²) in [6.45, 7) is 2.00. The molecule has 1 saturated heterocycles. The van der Waals surface area contributed by atoms with Gasteiger partial charge in [0.2, 0.25) is 19.1 Å². The highest BCUT2D eigenvalue weighted by atomic mass is 35.7. The van der Waals surface area contributed by atoms with Crippen LogP contribution in [0.2, 0.25) is 0 Å². The average Bonchev–Trinajstić information content (AvgIpc) is 3.36. The Morgan fingerprint density at radius 3 is 1.43 bits per heavy atom. The van der Waals surface area contributed by atoms with Crippen molar-refractivity contribution in [3.63, 3.8) is 0 Å². The summed E-state index contributed by atoms with van der Waals surface area (Å²) in [6, 6.07) is 0. The summed E-state index contributed by atoms with van der Waals surface area (Å²) in [4.78, 5) is 0. The Kier molecular flexibility index (Phi) is 15.1. The highest BCUT2D eigenvalue weighted by molar-refractivity contribution is 8.13. The summed E-state index contributed by atoms with van der Waals surface area (Å²) < 4.78 is 47.2. The molecule has 6 nitrogen and oxygen atoms in total. The molecule has 0 atom stereocenters. The molecule has 1 aliphatic heterocycles. The van der Waals surface area contributed by atoms with Crippen molar-refractivity contribution in [2.45, 2.75) is 84.5 Å². The first-order chi connectivity index (χ1) is 12.7. The van der Waals surface area contributed by atoms with Gasteiger partial charge in [-0.05, 0) is 37.5 Å². The highest BCUT2D eigenvalue weighted by Crippen LogP contribution is 2.28. The Morgan fingerprint density at radius 2 is 1.14 bits per heavy atom. The molecule has 0 bridgehead atoms. The quantitative estimate of drug-likeness (QED) is 0.589. The SMILES string of the molecule is C.C1CCOC1.NS(=O)(=O)CCC1CCCC1.O=S(=O)(Cl)CCC1CCCC1. The summed E-state index contributed by atoms with van der Waals surface area (Å²) in [5.74, 6) is 1.55. The van der Waals surface area contributed by atoms with Gasteiger partial charge in [-0.25, -0.2) is 22.0 Å². The van der Waals surface area contributed by atoms with Crippen molar-refractivity contribution in [2.24, 2.45) is 17.0 Å². The lowest BCUT2D eigenvalue weighted by Crippen LogP contribution is -2.18. The Hall–Kier alpha value is 0.110. The van der Waals surface area contributed by atoms with Crippen molar-refractivity contribution < 1.29 is 21.6 Å². The maximum Gasteiger partial charge on any atom is 0.232 e. The van der Waals surface area contributed by atoms with Crippen LogP contribution in [-0.2, 0) is 23.8 Å². The number of hydrogen-bond acceptors (Lipinski definition) is 5. The largest absolute Gasteiger partial charge is 0.381 e. The molecule has 2 aliphatic carbocycles. The van der Waals surface area contributed by atoms with Crippen LogP contribution in [-0.4, -0.2) is 41.6 Å². The van der Waals surface area contributed by atoms with E-state index in [9.17, 15) is 16.8 Å². The van der Waals surface area contributed by atoms with E-state index in [1.54, 1.807) is 0 Å². The van der Waals surface area contributed by atoms with Crippen LogP contribution in [0.3, 0.4) is 0 Å². The molecule has 0 aromatic heterocycles. The van der Waals surface area contributed by atoms with E-state index in [0.29, 0.717) is 11.8 Å². The molecule has 3 fully saturated rings. The first-order valence-electron chi connectivity index (χ1n) is 10.2. The van der Waals surface area contributed by atoms with Gasteiger partial charge in [-0.1, -0.05) is 58.8 Å². The van der Waals surface area contributed by atoms with Crippen LogP contribution >= 0.6 is 10.7 Å². The third-order valence-corrected chi connectivity index (χ3v) is 7.35. The molecule has 0 spiro atoms. The van der Waals surface area contributed by atoms with E-state index in [2.05, 4.69) is 0 Å². The molecular weight excluding hydrogens is 422 g/mol. The number of rotatable bonds is 6. The molecule has 28 heavy (non-hydrogen) atoms. The number of halogens is 1. The number of sulfonamides is 1. The molecule has 0 amide bonds. The molecule has 3 rings (SSSR count). The Morgan fingerprint density at radius 1 is 0.750 bits per heavy atom. The third kappa shape index (κ3) is 17.0. The van der Waals surface area contributed by atoms with Gasteiger partial charge in [0.25, 0.3) is 0 Å². The molecule has 1 heterocycles. The molecule has 9 heteroatoms. The lowest BCUT2D eigenvalue weighted by atomic mass is 10.1. The Labute approximate surface area is 177 Å². The molecule has 2 saturated carbocycles. The first-order valence-corrected chi connectivity index (χ1v) is 14.4. The van der Waals surface area contributed by atoms with Crippen LogP contribution < -0.4 is 5.14 Å². The van der Waals surface area contributed by atoms with Gasteiger partial charge in [-0.2, -0.15) is 0 Å². The number of ether oxygens (including phenoxy) is 1. The number of hydrogen-bond donors (Lipinski definition) is 1. The monoisotopic (exact) mass is 461 g/mol. The van der Waals surface area contributed by atoms with Gasteiger partial charge in [-0.3, -0.25) is 0 Å². The van der Waals surface area contributed by atoms with Crippen LogP contribution in [0.15, 0.2) is 0 Å². The zero-order valence-corrected chi connectivity index (χ0v) is 18.7. The van der Waals surface area contributed by atoms with Gasteiger partial charge < -0.3 is 4.74 Å². The van der Waals surface area contributed by atoms with E-state index in [4.69, 9.17) is 20.6 Å². The van der Waals surface area contributed by atoms with E-state index in [0.717, 1.165) is 26.1 Å². The molecule has 0 aromatic carbocycles. The van der Waals surface area contributed by atoms with Gasteiger partial charge in [0.1, 0.15) is 0 Å². The molecular formula is C19H40ClNO5S2. The van der Waals surface area contributed by atoms with Gasteiger partial charge in [0.05, 0.1) is 11.5 Å². The van der Waals surface area contributed by atoms with Crippen molar-refractivity contribution in [1.29, 1.82) is 0 Å². The minimum absolute atomic E-state index is 0. The van der Waals surface area contributed by atoms with Gasteiger partial charge in [0, 0.05) is 23.9 Å². The molecule has 2 N–H and O–H groups in total. The molecule has 0 aromatic rings. The van der Waals surface area contributed by atoms with Gasteiger partial charge >= 0.3 is 0 Å². The first kappa shape index (κ1) is 28.1. The van der Waals surface area contributed by atoms with E-state index in [1.807, 2.05) is 0 Å². The van der Waals surface area contributed by atoms with Crippen molar-refractivity contribution in [3.05, 3.63) is 0 Å². The summed E-state index contributed by atoms with van der Waals surface area (Å²) in [6.07, 6.45) is 13.9. The van der Waals surface area contributed by atoms with Crippen LogP contribution in [0.5, 0.6) is 0 Å². The predicted octanol–water partition coefficient (Wildman–Crippen LogP) is 4.42. The maximum absolute atomic E-state index is 10.6. The summed E-state index contributed by atoms with van der Waals surface area (Å²) in [7, 11) is -1.37. The van der Waals surface area contributed by atoms with Crippen LogP contribution in [0.4, 0.5) is 0 Å². The minimum Gasteiger partial charge on any atom is -0.381 e. The number of primary sulfonamides is 1. The molecule has 0 unspecified atom stereocenters. The van der Waals surface area contributed by atoms with E-state index in [-0.39, 0.29) is 18.9 Å². The second-order valence-electron chi connectivity index (χ2n) is 7.81. The molecule has 170 valence electrons. The van der Waals surface area contributed by atoms with Crippen LogP contribution in [0.1, 0.15) is 84.5 Å². The Balaban J connectivity index is 0.000000408. The van der Waals surface area contributed by atoms with Crippen molar-refractivity contribution >= 4 is 29.8 Å². The smallest absolute Gasteiger partial charge is 0.232 e. The average molecular weight is 462 g/mol. The van der Waals surface area contributed by atoms with Crippen LogP contribution in [0, 0.1) is 11.8 Å². The molecule has 0 radical (unpaired) electrons. The fraction of sp³-hybridized carbons (Fsp3) is 1.00. The van der Waals surface area contributed by atoms with Crippen LogP contribution in [0.25, 0.3) is 0 Å². The lowest BCUT2D eigenvalue weighted by Gasteiger charge is -2.05. The van der Waals surface area contributed by atoms with Crippen molar-refractivity contribution in [2.75, 3.05) is 24.7 Å². The van der Waals surface area contributed by atoms with E-state index < -0.39 is 19.1 Å². The van der Waals surface area contributed by atoms with Gasteiger partial charge in [-0.15, -0.1) is 0 Å². The summed E-state index contributed by atoms with van der Waals surface area (Å²) in [5, 5.41) is 4.89. The minimum atomic E-state index is -3.24.